The number of benzene rings is 3. The molecule has 0 fully saturated rings. The number of ether oxygens (including phenoxy) is 1. The molecule has 4 nitrogen and oxygen atoms in total. The van der Waals surface area contributed by atoms with Crippen LogP contribution in [0.15, 0.2) is 72.1 Å². The van der Waals surface area contributed by atoms with Crippen LogP contribution in [-0.4, -0.2) is 11.9 Å². The number of carbonyl (C=O) groups excluding carboxylic acids is 2. The number of amides is 1. The summed E-state index contributed by atoms with van der Waals surface area (Å²) in [5.41, 5.74) is 4.76. The van der Waals surface area contributed by atoms with Crippen molar-refractivity contribution < 1.29 is 18.7 Å². The zero-order valence-corrected chi connectivity index (χ0v) is 22.6. The van der Waals surface area contributed by atoms with Crippen molar-refractivity contribution >= 4 is 35.4 Å². The third-order valence-electron chi connectivity index (χ3n) is 7.68. The molecule has 0 aliphatic heterocycles. The van der Waals surface area contributed by atoms with E-state index >= 15 is 0 Å². The molecule has 1 heterocycles. The van der Waals surface area contributed by atoms with Crippen molar-refractivity contribution in [3.63, 3.8) is 0 Å². The summed E-state index contributed by atoms with van der Waals surface area (Å²) in [6.07, 6.45) is 5.25. The Balaban J connectivity index is 1.34. The fourth-order valence-electron chi connectivity index (χ4n) is 5.75. The Labute approximate surface area is 230 Å². The van der Waals surface area contributed by atoms with E-state index in [9.17, 15) is 14.0 Å². The third kappa shape index (κ3) is 4.92. The molecule has 1 unspecified atom stereocenters. The zero-order chi connectivity index (χ0) is 27.1. The summed E-state index contributed by atoms with van der Waals surface area (Å²) in [5.74, 6) is -0.167. The molecule has 3 aromatic carbocycles. The van der Waals surface area contributed by atoms with Gasteiger partial charge in [0.25, 0.3) is 0 Å². The predicted octanol–water partition coefficient (Wildman–Crippen LogP) is 6.14. The molecule has 0 saturated heterocycles. The van der Waals surface area contributed by atoms with Gasteiger partial charge in [0.1, 0.15) is 11.6 Å². The molecule has 0 radical (unpaired) electrons. The van der Waals surface area contributed by atoms with Crippen LogP contribution in [0.2, 0.25) is 0 Å². The van der Waals surface area contributed by atoms with E-state index in [1.165, 1.54) is 17.7 Å². The number of nitrogens with one attached hydrogen (secondary N) is 1. The van der Waals surface area contributed by atoms with Gasteiger partial charge in [0.15, 0.2) is 5.78 Å². The molecule has 4 aromatic rings. The quantitative estimate of drug-likeness (QED) is 0.311. The van der Waals surface area contributed by atoms with Crippen molar-refractivity contribution in [3.8, 4) is 16.9 Å². The van der Waals surface area contributed by atoms with E-state index in [2.05, 4.69) is 43.4 Å². The lowest BCUT2D eigenvalue weighted by atomic mass is 9.69. The predicted molar refractivity (Wildman–Crippen MR) is 153 cm³/mol. The van der Waals surface area contributed by atoms with Crippen LogP contribution in [0.3, 0.4) is 0 Å². The maximum Gasteiger partial charge on any atom is 0.412 e. The molecule has 0 bridgehead atoms. The number of rotatable bonds is 5. The molecule has 6 heteroatoms. The summed E-state index contributed by atoms with van der Waals surface area (Å²) in [4.78, 5) is 26.9. The fraction of sp³-hybridized carbons (Fsp3) is 0.212. The van der Waals surface area contributed by atoms with Crippen molar-refractivity contribution in [2.24, 2.45) is 5.92 Å². The van der Waals surface area contributed by atoms with Gasteiger partial charge >= 0.3 is 6.09 Å². The van der Waals surface area contributed by atoms with E-state index in [1.54, 1.807) is 23.5 Å². The first-order valence-electron chi connectivity index (χ1n) is 13.1. The van der Waals surface area contributed by atoms with E-state index in [1.807, 2.05) is 35.7 Å². The van der Waals surface area contributed by atoms with Crippen LogP contribution < -0.4 is 20.5 Å². The second-order valence-corrected chi connectivity index (χ2v) is 11.8. The largest absolute Gasteiger partial charge is 0.412 e. The third-order valence-corrected chi connectivity index (χ3v) is 8.55. The zero-order valence-electron chi connectivity index (χ0n) is 21.8. The molecule has 1 aromatic heterocycles. The number of thiophene rings is 1. The van der Waals surface area contributed by atoms with Crippen molar-refractivity contribution in [1.82, 2.24) is 5.32 Å². The first kappa shape index (κ1) is 25.3. The van der Waals surface area contributed by atoms with Crippen LogP contribution in [0, 0.1) is 11.7 Å². The second-order valence-electron chi connectivity index (χ2n) is 10.8. The summed E-state index contributed by atoms with van der Waals surface area (Å²) >= 11 is 1.58. The smallest absolute Gasteiger partial charge is 0.410 e. The van der Waals surface area contributed by atoms with Gasteiger partial charge in [-0.2, -0.15) is 0 Å². The molecule has 0 saturated carbocycles. The van der Waals surface area contributed by atoms with Crippen molar-refractivity contribution in [2.75, 3.05) is 0 Å². The highest BCUT2D eigenvalue weighted by Gasteiger charge is 2.34. The topological polar surface area (TPSA) is 55.4 Å². The first-order chi connectivity index (χ1) is 18.8. The lowest BCUT2D eigenvalue weighted by Crippen LogP contribution is -2.43. The number of fused-ring (bicyclic) bond motifs is 5. The standard InChI is InChI=1S/C33H28FNO3S/c1-33(2)18-22(31(36)21-5-9-23(34)10-6-21)16-29-27-12-8-20-7-11-24(17-28(20)26(27)13-14-30(29)33)38-32(37)35-19-25-4-3-15-39-25/h3-7,9-17,22H,8,18-19H2,1-2H3,(H,35,37). The van der Waals surface area contributed by atoms with Gasteiger partial charge in [0, 0.05) is 16.4 Å². The van der Waals surface area contributed by atoms with Crippen molar-refractivity contribution in [3.05, 3.63) is 110 Å². The van der Waals surface area contributed by atoms with Crippen LogP contribution >= 0.6 is 11.3 Å². The fourth-order valence-corrected chi connectivity index (χ4v) is 6.40. The summed E-state index contributed by atoms with van der Waals surface area (Å²) in [6.45, 7) is 4.77. The minimum atomic E-state index is -0.492. The maximum atomic E-state index is 13.5. The van der Waals surface area contributed by atoms with E-state index in [-0.39, 0.29) is 22.9 Å². The maximum absolute atomic E-state index is 13.5. The van der Waals surface area contributed by atoms with Gasteiger partial charge in [-0.15, -0.1) is 11.3 Å². The number of carbonyl (C=O) groups is 2. The number of hydrogen-bond donors (Lipinski definition) is 1. The van der Waals surface area contributed by atoms with E-state index in [0.29, 0.717) is 24.3 Å². The number of ketones is 1. The van der Waals surface area contributed by atoms with Gasteiger partial charge in [-0.1, -0.05) is 50.3 Å². The number of hydrogen-bond acceptors (Lipinski definition) is 4. The molecule has 0 spiro atoms. The minimum absolute atomic E-state index is 0.00628. The summed E-state index contributed by atoms with van der Waals surface area (Å²) in [7, 11) is 0. The Kier molecular flexibility index (Phi) is 6.43. The highest BCUT2D eigenvalue weighted by atomic mass is 32.1. The van der Waals surface area contributed by atoms with Crippen molar-refractivity contribution in [1.29, 1.82) is 0 Å². The second kappa shape index (κ2) is 9.93. The lowest BCUT2D eigenvalue weighted by molar-refractivity contribution is 0.0933. The molecule has 1 amide bonds. The Morgan fingerprint density at radius 2 is 1.85 bits per heavy atom. The average molecular weight is 538 g/mol. The average Bonchev–Trinajstić information content (AvgIpc) is 3.45. The van der Waals surface area contributed by atoms with Crippen LogP contribution in [0.5, 0.6) is 5.75 Å². The molecule has 1 atom stereocenters. The Bertz CT molecular complexity index is 1710. The monoisotopic (exact) mass is 537 g/mol. The lowest BCUT2D eigenvalue weighted by Gasteiger charge is -2.34. The SMILES string of the molecule is CC1(C)CC(C(=O)c2ccc(F)cc2)C=c2c1ccc1c2=CCc2ccc(OC(=O)NCc3cccs3)cc2-1. The van der Waals surface area contributed by atoms with E-state index in [0.717, 1.165) is 38.4 Å². The molecule has 2 aliphatic rings. The highest BCUT2D eigenvalue weighted by Crippen LogP contribution is 2.36. The molecule has 1 N–H and O–H groups in total. The molecular weight excluding hydrogens is 509 g/mol. The van der Waals surface area contributed by atoms with Crippen LogP contribution in [0.25, 0.3) is 23.3 Å². The summed E-state index contributed by atoms with van der Waals surface area (Å²) < 4.78 is 19.1. The Hall–Kier alpha value is -4.03. The summed E-state index contributed by atoms with van der Waals surface area (Å²) in [5, 5.41) is 6.95. The molecule has 6 rings (SSSR count). The van der Waals surface area contributed by atoms with Crippen molar-refractivity contribution in [2.45, 2.75) is 38.6 Å². The molecule has 2 aliphatic carbocycles. The van der Waals surface area contributed by atoms with Crippen LogP contribution in [-0.2, 0) is 18.4 Å². The minimum Gasteiger partial charge on any atom is -0.410 e. The highest BCUT2D eigenvalue weighted by molar-refractivity contribution is 7.09. The summed E-state index contributed by atoms with van der Waals surface area (Å²) in [6, 6.07) is 19.8. The van der Waals surface area contributed by atoms with Crippen LogP contribution in [0.4, 0.5) is 9.18 Å². The molecule has 39 heavy (non-hydrogen) atoms. The van der Waals surface area contributed by atoms with Gasteiger partial charge < -0.3 is 10.1 Å². The van der Waals surface area contributed by atoms with Gasteiger partial charge in [0.2, 0.25) is 0 Å². The Morgan fingerprint density at radius 3 is 2.62 bits per heavy atom. The first-order valence-corrected chi connectivity index (χ1v) is 13.9. The van der Waals surface area contributed by atoms with Gasteiger partial charge in [0.05, 0.1) is 6.54 Å². The molecule has 196 valence electrons. The van der Waals surface area contributed by atoms with Gasteiger partial charge in [-0.25, -0.2) is 9.18 Å². The molecular formula is C33H28FNO3S. The normalized spacial score (nSPS) is 16.5. The number of Topliss-reactive ketones (excluding diaryl/α,β-unsaturated/α-hetero) is 1. The number of halogens is 1. The van der Waals surface area contributed by atoms with E-state index < -0.39 is 6.09 Å². The van der Waals surface area contributed by atoms with Crippen LogP contribution in [0.1, 0.15) is 46.6 Å². The van der Waals surface area contributed by atoms with Gasteiger partial charge in [-0.05, 0) is 98.8 Å². The Morgan fingerprint density at radius 1 is 1.03 bits per heavy atom. The van der Waals surface area contributed by atoms with Gasteiger partial charge in [-0.3, -0.25) is 4.79 Å². The van der Waals surface area contributed by atoms with E-state index in [4.69, 9.17) is 4.74 Å².